The number of hydrogen-bond acceptors (Lipinski definition) is 5. The quantitative estimate of drug-likeness (QED) is 0.765. The highest BCUT2D eigenvalue weighted by molar-refractivity contribution is 5.52. The van der Waals surface area contributed by atoms with Crippen molar-refractivity contribution < 1.29 is 0 Å². The SMILES string of the molecule is CCCNc1cc(N(CC(C)C)CC(C)C)nc(N)n1. The lowest BCUT2D eigenvalue weighted by Crippen LogP contribution is -2.32. The Morgan fingerprint density at radius 2 is 1.75 bits per heavy atom. The highest BCUT2D eigenvalue weighted by Crippen LogP contribution is 2.19. The average molecular weight is 279 g/mol. The summed E-state index contributed by atoms with van der Waals surface area (Å²) in [5.74, 6) is 3.22. The van der Waals surface area contributed by atoms with E-state index < -0.39 is 0 Å². The van der Waals surface area contributed by atoms with E-state index in [1.54, 1.807) is 0 Å². The molecule has 0 aromatic carbocycles. The molecule has 0 bridgehead atoms. The minimum atomic E-state index is 0.332. The Balaban J connectivity index is 2.95. The van der Waals surface area contributed by atoms with E-state index in [1.165, 1.54) is 0 Å². The van der Waals surface area contributed by atoms with Crippen molar-refractivity contribution >= 4 is 17.6 Å². The molecule has 0 aliphatic carbocycles. The summed E-state index contributed by atoms with van der Waals surface area (Å²) in [6.45, 7) is 13.8. The first-order chi connectivity index (χ1) is 9.42. The fourth-order valence-electron chi connectivity index (χ4n) is 2.10. The molecule has 114 valence electrons. The molecule has 0 unspecified atom stereocenters. The third kappa shape index (κ3) is 5.63. The summed E-state index contributed by atoms with van der Waals surface area (Å²) in [6.07, 6.45) is 1.06. The van der Waals surface area contributed by atoms with Crippen LogP contribution in [-0.4, -0.2) is 29.6 Å². The number of nitrogens with two attached hydrogens (primary N) is 1. The van der Waals surface area contributed by atoms with Crippen molar-refractivity contribution in [2.45, 2.75) is 41.0 Å². The summed E-state index contributed by atoms with van der Waals surface area (Å²) < 4.78 is 0. The normalized spacial score (nSPS) is 11.2. The molecule has 1 heterocycles. The van der Waals surface area contributed by atoms with Gasteiger partial charge >= 0.3 is 0 Å². The van der Waals surface area contributed by atoms with Crippen molar-refractivity contribution in [2.24, 2.45) is 11.8 Å². The van der Waals surface area contributed by atoms with E-state index in [-0.39, 0.29) is 0 Å². The number of rotatable bonds is 8. The van der Waals surface area contributed by atoms with Gasteiger partial charge in [0.2, 0.25) is 5.95 Å². The molecule has 0 aliphatic heterocycles. The molecule has 20 heavy (non-hydrogen) atoms. The maximum atomic E-state index is 5.84. The highest BCUT2D eigenvalue weighted by Gasteiger charge is 2.13. The van der Waals surface area contributed by atoms with Gasteiger partial charge in [0, 0.05) is 25.7 Å². The van der Waals surface area contributed by atoms with E-state index in [0.717, 1.165) is 37.7 Å². The maximum absolute atomic E-state index is 5.84. The van der Waals surface area contributed by atoms with Crippen LogP contribution in [0.25, 0.3) is 0 Å². The fourth-order valence-corrected chi connectivity index (χ4v) is 2.10. The molecule has 0 aliphatic rings. The number of anilines is 3. The third-order valence-electron chi connectivity index (χ3n) is 2.78. The molecule has 5 nitrogen and oxygen atoms in total. The molecule has 0 saturated carbocycles. The van der Waals surface area contributed by atoms with E-state index in [9.17, 15) is 0 Å². The molecule has 5 heteroatoms. The summed E-state index contributed by atoms with van der Waals surface area (Å²) in [7, 11) is 0. The van der Waals surface area contributed by atoms with Gasteiger partial charge in [0.05, 0.1) is 0 Å². The van der Waals surface area contributed by atoms with Crippen LogP contribution < -0.4 is 16.0 Å². The lowest BCUT2D eigenvalue weighted by Gasteiger charge is -2.27. The molecule has 1 aromatic rings. The zero-order chi connectivity index (χ0) is 15.1. The molecule has 0 saturated heterocycles. The number of nitrogen functional groups attached to an aromatic ring is 1. The Morgan fingerprint density at radius 3 is 2.25 bits per heavy atom. The zero-order valence-corrected chi connectivity index (χ0v) is 13.5. The number of nitrogens with one attached hydrogen (secondary N) is 1. The summed E-state index contributed by atoms with van der Waals surface area (Å²) in [4.78, 5) is 10.9. The molecule has 1 rings (SSSR count). The molecule has 0 radical (unpaired) electrons. The molecule has 0 fully saturated rings. The Bertz CT molecular complexity index is 393. The van der Waals surface area contributed by atoms with E-state index in [1.807, 2.05) is 6.07 Å². The second-order valence-corrected chi connectivity index (χ2v) is 6.09. The van der Waals surface area contributed by atoms with Gasteiger partial charge in [-0.2, -0.15) is 9.97 Å². The molecular formula is C15H29N5. The molecule has 0 spiro atoms. The van der Waals surface area contributed by atoms with Crippen LogP contribution in [0.5, 0.6) is 0 Å². The topological polar surface area (TPSA) is 67.1 Å². The van der Waals surface area contributed by atoms with Gasteiger partial charge in [-0.25, -0.2) is 0 Å². The second-order valence-electron chi connectivity index (χ2n) is 6.09. The first-order valence-corrected chi connectivity index (χ1v) is 7.55. The van der Waals surface area contributed by atoms with E-state index >= 15 is 0 Å². The van der Waals surface area contributed by atoms with Gasteiger partial charge in [-0.05, 0) is 18.3 Å². The van der Waals surface area contributed by atoms with Crippen LogP contribution in [0.4, 0.5) is 17.6 Å². The molecule has 0 amide bonds. The van der Waals surface area contributed by atoms with Crippen LogP contribution in [0.1, 0.15) is 41.0 Å². The first-order valence-electron chi connectivity index (χ1n) is 7.55. The summed E-state index contributed by atoms with van der Waals surface area (Å²) in [5.41, 5.74) is 5.84. The van der Waals surface area contributed by atoms with Crippen LogP contribution in [0.2, 0.25) is 0 Å². The first kappa shape index (κ1) is 16.5. The summed E-state index contributed by atoms with van der Waals surface area (Å²) in [6, 6.07) is 2.00. The van der Waals surface area contributed by atoms with E-state index in [0.29, 0.717) is 17.8 Å². The second kappa shape index (κ2) is 7.92. The molecule has 3 N–H and O–H groups in total. The van der Waals surface area contributed by atoms with E-state index in [2.05, 4.69) is 54.8 Å². The minimum absolute atomic E-state index is 0.332. The Morgan fingerprint density at radius 1 is 1.15 bits per heavy atom. The zero-order valence-electron chi connectivity index (χ0n) is 13.5. The van der Waals surface area contributed by atoms with Crippen molar-refractivity contribution in [3.8, 4) is 0 Å². The van der Waals surface area contributed by atoms with Crippen LogP contribution >= 0.6 is 0 Å². The number of hydrogen-bond donors (Lipinski definition) is 2. The van der Waals surface area contributed by atoms with Gasteiger partial charge in [0.25, 0.3) is 0 Å². The standard InChI is InChI=1S/C15H29N5/c1-6-7-17-13-8-14(19-15(16)18-13)20(9-11(2)3)10-12(4)5/h8,11-12H,6-7,9-10H2,1-5H3,(H3,16,17,18,19). The van der Waals surface area contributed by atoms with Gasteiger partial charge in [0.15, 0.2) is 0 Å². The van der Waals surface area contributed by atoms with Crippen LogP contribution in [0.3, 0.4) is 0 Å². The Hall–Kier alpha value is -1.52. The van der Waals surface area contributed by atoms with Crippen LogP contribution in [-0.2, 0) is 0 Å². The minimum Gasteiger partial charge on any atom is -0.370 e. The fraction of sp³-hybridized carbons (Fsp3) is 0.733. The molecule has 0 atom stereocenters. The van der Waals surface area contributed by atoms with Crippen molar-refractivity contribution in [3.63, 3.8) is 0 Å². The van der Waals surface area contributed by atoms with Crippen molar-refractivity contribution in [2.75, 3.05) is 35.6 Å². The van der Waals surface area contributed by atoms with E-state index in [4.69, 9.17) is 5.73 Å². The lowest BCUT2D eigenvalue weighted by atomic mass is 10.1. The molecule has 1 aromatic heterocycles. The smallest absolute Gasteiger partial charge is 0.223 e. The summed E-state index contributed by atoms with van der Waals surface area (Å²) in [5, 5.41) is 3.28. The Kier molecular flexibility index (Phi) is 6.55. The van der Waals surface area contributed by atoms with Crippen molar-refractivity contribution in [3.05, 3.63) is 6.07 Å². The number of aromatic nitrogens is 2. The average Bonchev–Trinajstić information content (AvgIpc) is 2.33. The van der Waals surface area contributed by atoms with Gasteiger partial charge in [-0.1, -0.05) is 34.6 Å². The van der Waals surface area contributed by atoms with Gasteiger partial charge in [0.1, 0.15) is 11.6 Å². The van der Waals surface area contributed by atoms with Gasteiger partial charge < -0.3 is 16.0 Å². The van der Waals surface area contributed by atoms with Crippen molar-refractivity contribution in [1.29, 1.82) is 0 Å². The predicted molar refractivity (Wildman–Crippen MR) is 87.1 cm³/mol. The van der Waals surface area contributed by atoms with Gasteiger partial charge in [-0.3, -0.25) is 0 Å². The molecular weight excluding hydrogens is 250 g/mol. The lowest BCUT2D eigenvalue weighted by molar-refractivity contribution is 0.549. The van der Waals surface area contributed by atoms with Crippen molar-refractivity contribution in [1.82, 2.24) is 9.97 Å². The highest BCUT2D eigenvalue weighted by atomic mass is 15.2. The van der Waals surface area contributed by atoms with Crippen LogP contribution in [0.15, 0.2) is 6.07 Å². The predicted octanol–water partition coefficient (Wildman–Crippen LogP) is 3.00. The monoisotopic (exact) mass is 279 g/mol. The maximum Gasteiger partial charge on any atom is 0.223 e. The van der Waals surface area contributed by atoms with Gasteiger partial charge in [-0.15, -0.1) is 0 Å². The number of nitrogens with zero attached hydrogens (tertiary/aromatic N) is 3. The largest absolute Gasteiger partial charge is 0.370 e. The van der Waals surface area contributed by atoms with Crippen LogP contribution in [0, 0.1) is 11.8 Å². The Labute approximate surface area is 123 Å². The summed E-state index contributed by atoms with van der Waals surface area (Å²) >= 11 is 0. The third-order valence-corrected chi connectivity index (χ3v) is 2.78.